The minimum Gasteiger partial charge on any atom is -0.465 e. The lowest BCUT2D eigenvalue weighted by atomic mass is 10.3. The van der Waals surface area contributed by atoms with E-state index in [0.29, 0.717) is 24.1 Å². The molecule has 0 spiro atoms. The summed E-state index contributed by atoms with van der Waals surface area (Å²) in [7, 11) is 0. The fourth-order valence-corrected chi connectivity index (χ4v) is 3.56. The van der Waals surface area contributed by atoms with Crippen molar-refractivity contribution in [2.75, 3.05) is 18.1 Å². The van der Waals surface area contributed by atoms with Crippen molar-refractivity contribution < 1.29 is 13.9 Å². The van der Waals surface area contributed by atoms with Gasteiger partial charge in [0.05, 0.1) is 6.61 Å². The van der Waals surface area contributed by atoms with Crippen molar-refractivity contribution in [3.63, 3.8) is 0 Å². The zero-order valence-corrected chi connectivity index (χ0v) is 14.4. The van der Waals surface area contributed by atoms with Gasteiger partial charge in [-0.2, -0.15) is 0 Å². The highest BCUT2D eigenvalue weighted by atomic mass is 32.2. The fourth-order valence-electron chi connectivity index (χ4n) is 2.59. The van der Waals surface area contributed by atoms with Gasteiger partial charge in [-0.05, 0) is 37.6 Å². The molecule has 2 heterocycles. The predicted octanol–water partition coefficient (Wildman–Crippen LogP) is 3.00. The summed E-state index contributed by atoms with van der Waals surface area (Å²) < 4.78 is 20.2. The Kier molecular flexibility index (Phi) is 5.03. The van der Waals surface area contributed by atoms with Crippen molar-refractivity contribution in [1.82, 2.24) is 14.8 Å². The fraction of sp³-hybridized carbons (Fsp3) is 0.438. The van der Waals surface area contributed by atoms with E-state index in [-0.39, 0.29) is 17.0 Å². The van der Waals surface area contributed by atoms with Gasteiger partial charge in [0.25, 0.3) is 0 Å². The highest BCUT2D eigenvalue weighted by molar-refractivity contribution is 8.00. The van der Waals surface area contributed by atoms with Crippen LogP contribution in [-0.2, 0) is 16.1 Å². The van der Waals surface area contributed by atoms with Gasteiger partial charge in [0.15, 0.2) is 5.16 Å². The summed E-state index contributed by atoms with van der Waals surface area (Å²) in [6.45, 7) is 5.57. The number of carbonyl (C=O) groups excluding carboxylic acids is 1. The normalized spacial score (nSPS) is 14.5. The largest absolute Gasteiger partial charge is 0.465 e. The molecule has 1 aliphatic heterocycles. The predicted molar refractivity (Wildman–Crippen MR) is 90.0 cm³/mol. The molecule has 0 N–H and O–H groups in total. The minimum absolute atomic E-state index is 0.226. The van der Waals surface area contributed by atoms with E-state index < -0.39 is 0 Å². The van der Waals surface area contributed by atoms with Gasteiger partial charge in [0.2, 0.25) is 5.95 Å². The zero-order valence-electron chi connectivity index (χ0n) is 13.6. The third-order valence-electron chi connectivity index (χ3n) is 3.79. The Hall–Kier alpha value is -2.09. The van der Waals surface area contributed by atoms with Crippen molar-refractivity contribution in [2.45, 2.75) is 37.2 Å². The van der Waals surface area contributed by atoms with Gasteiger partial charge in [0, 0.05) is 18.8 Å². The summed E-state index contributed by atoms with van der Waals surface area (Å²) in [5.41, 5.74) is 0.872. The average Bonchev–Trinajstić information content (AvgIpc) is 3.16. The lowest BCUT2D eigenvalue weighted by Gasteiger charge is -2.15. The van der Waals surface area contributed by atoms with Crippen LogP contribution >= 0.6 is 11.8 Å². The first-order valence-electron chi connectivity index (χ1n) is 7.93. The molecule has 0 radical (unpaired) electrons. The second-order valence-corrected chi connectivity index (χ2v) is 6.50. The minimum atomic E-state index is -0.293. The first kappa shape index (κ1) is 16.8. The van der Waals surface area contributed by atoms with Gasteiger partial charge in [0.1, 0.15) is 11.1 Å². The Morgan fingerprint density at radius 1 is 1.29 bits per heavy atom. The van der Waals surface area contributed by atoms with Crippen LogP contribution in [-0.4, -0.2) is 39.1 Å². The van der Waals surface area contributed by atoms with Crippen molar-refractivity contribution in [1.29, 1.82) is 0 Å². The second kappa shape index (κ2) is 7.21. The standard InChI is InChI=1S/C16H19FN4O2S/c1-3-13(14(22)23-4-2)24-16-19-18-15-20(9-10-21(15)16)12-7-5-11(17)6-8-12/h5-8,13H,3-4,9-10H2,1-2H3/t13-/m1/s1. The van der Waals surface area contributed by atoms with Crippen molar-refractivity contribution in [3.05, 3.63) is 30.1 Å². The van der Waals surface area contributed by atoms with Gasteiger partial charge >= 0.3 is 5.97 Å². The lowest BCUT2D eigenvalue weighted by Crippen LogP contribution is -2.20. The number of thioether (sulfide) groups is 1. The number of ether oxygens (including phenoxy) is 1. The smallest absolute Gasteiger partial charge is 0.319 e. The Balaban J connectivity index is 1.79. The third kappa shape index (κ3) is 3.24. The molecule has 2 aromatic rings. The Bertz CT molecular complexity index is 719. The summed E-state index contributed by atoms with van der Waals surface area (Å²) in [6.07, 6.45) is 0.660. The molecule has 3 rings (SSSR count). The molecule has 1 aromatic heterocycles. The van der Waals surface area contributed by atoms with Crippen LogP contribution in [0.3, 0.4) is 0 Å². The number of hydrogen-bond donors (Lipinski definition) is 0. The topological polar surface area (TPSA) is 60.2 Å². The second-order valence-electron chi connectivity index (χ2n) is 5.33. The van der Waals surface area contributed by atoms with Crippen LogP contribution in [0.4, 0.5) is 16.0 Å². The van der Waals surface area contributed by atoms with Gasteiger partial charge in [-0.1, -0.05) is 18.7 Å². The molecular weight excluding hydrogens is 331 g/mol. The molecule has 0 fully saturated rings. The summed E-state index contributed by atoms with van der Waals surface area (Å²) in [5.74, 6) is 0.217. The molecule has 0 bridgehead atoms. The Morgan fingerprint density at radius 2 is 2.04 bits per heavy atom. The van der Waals surface area contributed by atoms with E-state index in [9.17, 15) is 9.18 Å². The average molecular weight is 350 g/mol. The van der Waals surface area contributed by atoms with Crippen LogP contribution in [0.5, 0.6) is 0 Å². The SMILES string of the molecule is CCOC(=O)[C@@H](CC)Sc1nnc2n1CCN2c1ccc(F)cc1. The molecule has 128 valence electrons. The molecule has 1 aromatic carbocycles. The summed E-state index contributed by atoms with van der Waals surface area (Å²) in [5, 5.41) is 8.87. The van der Waals surface area contributed by atoms with E-state index in [1.165, 1.54) is 23.9 Å². The van der Waals surface area contributed by atoms with E-state index in [2.05, 4.69) is 10.2 Å². The number of aromatic nitrogens is 3. The molecule has 0 saturated carbocycles. The van der Waals surface area contributed by atoms with Crippen LogP contribution in [0.25, 0.3) is 0 Å². The number of benzene rings is 1. The number of halogens is 1. The Morgan fingerprint density at radius 3 is 2.71 bits per heavy atom. The first-order valence-corrected chi connectivity index (χ1v) is 8.81. The molecule has 6 nitrogen and oxygen atoms in total. The molecule has 8 heteroatoms. The summed E-state index contributed by atoms with van der Waals surface area (Å²) in [6, 6.07) is 6.30. The van der Waals surface area contributed by atoms with E-state index >= 15 is 0 Å². The number of esters is 1. The number of carbonyl (C=O) groups is 1. The van der Waals surface area contributed by atoms with Crippen LogP contribution in [0, 0.1) is 5.82 Å². The van der Waals surface area contributed by atoms with Crippen molar-refractivity contribution in [3.8, 4) is 0 Å². The monoisotopic (exact) mass is 350 g/mol. The van der Waals surface area contributed by atoms with Crippen molar-refractivity contribution in [2.24, 2.45) is 0 Å². The quantitative estimate of drug-likeness (QED) is 0.590. The number of nitrogens with zero attached hydrogens (tertiary/aromatic N) is 4. The van der Waals surface area contributed by atoms with Gasteiger partial charge in [-0.25, -0.2) is 4.39 Å². The molecule has 0 saturated heterocycles. The highest BCUT2D eigenvalue weighted by Crippen LogP contribution is 2.34. The summed E-state index contributed by atoms with van der Waals surface area (Å²) >= 11 is 1.38. The van der Waals surface area contributed by atoms with Gasteiger partial charge in [-0.15, -0.1) is 10.2 Å². The lowest BCUT2D eigenvalue weighted by molar-refractivity contribution is -0.142. The molecule has 0 unspecified atom stereocenters. The molecular formula is C16H19FN4O2S. The maximum absolute atomic E-state index is 13.1. The van der Waals surface area contributed by atoms with E-state index in [1.54, 1.807) is 19.1 Å². The molecule has 1 aliphatic rings. The number of fused-ring (bicyclic) bond motifs is 1. The molecule has 1 atom stereocenters. The first-order chi connectivity index (χ1) is 11.6. The van der Waals surface area contributed by atoms with Crippen LogP contribution in [0.1, 0.15) is 20.3 Å². The number of hydrogen-bond acceptors (Lipinski definition) is 6. The highest BCUT2D eigenvalue weighted by Gasteiger charge is 2.29. The van der Waals surface area contributed by atoms with E-state index in [1.807, 2.05) is 16.4 Å². The maximum atomic E-state index is 13.1. The maximum Gasteiger partial charge on any atom is 0.319 e. The number of anilines is 2. The zero-order chi connectivity index (χ0) is 17.1. The molecule has 0 amide bonds. The third-order valence-corrected chi connectivity index (χ3v) is 5.12. The van der Waals surface area contributed by atoms with Crippen LogP contribution in [0.2, 0.25) is 0 Å². The van der Waals surface area contributed by atoms with E-state index in [0.717, 1.165) is 18.8 Å². The molecule has 24 heavy (non-hydrogen) atoms. The van der Waals surface area contributed by atoms with Gasteiger partial charge in [-0.3, -0.25) is 9.36 Å². The van der Waals surface area contributed by atoms with Crippen LogP contribution < -0.4 is 4.90 Å². The molecule has 0 aliphatic carbocycles. The van der Waals surface area contributed by atoms with E-state index in [4.69, 9.17) is 4.74 Å². The van der Waals surface area contributed by atoms with Crippen molar-refractivity contribution >= 4 is 29.4 Å². The Labute approximate surface area is 144 Å². The van der Waals surface area contributed by atoms with Crippen LogP contribution in [0.15, 0.2) is 29.4 Å². The number of rotatable bonds is 6. The summed E-state index contributed by atoms with van der Waals surface area (Å²) in [4.78, 5) is 14.0. The van der Waals surface area contributed by atoms with Gasteiger partial charge < -0.3 is 9.64 Å².